The van der Waals surface area contributed by atoms with Crippen LogP contribution in [0.2, 0.25) is 0 Å². The Kier molecular flexibility index (Phi) is 4.52. The van der Waals surface area contributed by atoms with Crippen LogP contribution in [0, 0.1) is 0 Å². The molecule has 1 amide bonds. The van der Waals surface area contributed by atoms with Crippen LogP contribution in [0.3, 0.4) is 0 Å². The molecule has 0 aromatic carbocycles. The van der Waals surface area contributed by atoms with E-state index in [1.807, 2.05) is 18.4 Å². The van der Waals surface area contributed by atoms with E-state index in [1.165, 1.54) is 18.3 Å². The zero-order valence-electron chi connectivity index (χ0n) is 12.5. The van der Waals surface area contributed by atoms with Gasteiger partial charge in [-0.3, -0.25) is 9.59 Å². The van der Waals surface area contributed by atoms with Gasteiger partial charge in [-0.05, 0) is 32.9 Å². The summed E-state index contributed by atoms with van der Waals surface area (Å²) in [5, 5.41) is 7.94. The molecule has 0 spiro atoms. The minimum atomic E-state index is -0.120. The van der Waals surface area contributed by atoms with Gasteiger partial charge in [0.1, 0.15) is 6.33 Å². The van der Waals surface area contributed by atoms with Crippen molar-refractivity contribution in [1.82, 2.24) is 19.7 Å². The highest BCUT2D eigenvalue weighted by Gasteiger charge is 2.18. The molecule has 0 aliphatic carbocycles. The Bertz CT molecular complexity index is 659. The lowest BCUT2D eigenvalue weighted by atomic mass is 10.3. The van der Waals surface area contributed by atoms with Gasteiger partial charge in [0.25, 0.3) is 5.91 Å². The Labute approximate surface area is 127 Å². The van der Waals surface area contributed by atoms with Crippen molar-refractivity contribution in [2.75, 3.05) is 7.05 Å². The fraction of sp³-hybridized carbons (Fsp3) is 0.429. The lowest BCUT2D eigenvalue weighted by Gasteiger charge is -2.17. The van der Waals surface area contributed by atoms with Crippen LogP contribution in [0.25, 0.3) is 0 Å². The maximum absolute atomic E-state index is 12.4. The number of amides is 1. The lowest BCUT2D eigenvalue weighted by molar-refractivity contribution is 0.0784. The van der Waals surface area contributed by atoms with E-state index in [2.05, 4.69) is 10.2 Å². The second kappa shape index (κ2) is 6.17. The number of Topliss-reactive ketones (excluding diaryl/α,β-unsaturated/α-hetero) is 1. The molecule has 21 heavy (non-hydrogen) atoms. The van der Waals surface area contributed by atoms with Gasteiger partial charge in [0, 0.05) is 13.1 Å². The first kappa shape index (κ1) is 15.4. The summed E-state index contributed by atoms with van der Waals surface area (Å²) < 4.78 is 1.93. The molecule has 0 N–H and O–H groups in total. The summed E-state index contributed by atoms with van der Waals surface area (Å²) in [5.41, 5.74) is 0. The molecular weight excluding hydrogens is 288 g/mol. The van der Waals surface area contributed by atoms with Gasteiger partial charge in [-0.1, -0.05) is 0 Å². The largest absolute Gasteiger partial charge is 0.333 e. The Hall–Kier alpha value is -2.02. The predicted molar refractivity (Wildman–Crippen MR) is 80.5 cm³/mol. The number of hydrogen-bond acceptors (Lipinski definition) is 5. The zero-order valence-corrected chi connectivity index (χ0v) is 13.3. The summed E-state index contributed by atoms with van der Waals surface area (Å²) >= 11 is 1.22. The average molecular weight is 306 g/mol. The molecule has 0 saturated carbocycles. The van der Waals surface area contributed by atoms with Gasteiger partial charge in [0.15, 0.2) is 11.6 Å². The van der Waals surface area contributed by atoms with Crippen LogP contribution < -0.4 is 0 Å². The van der Waals surface area contributed by atoms with Crippen LogP contribution in [0.1, 0.15) is 52.0 Å². The van der Waals surface area contributed by atoms with E-state index >= 15 is 0 Å². The smallest absolute Gasteiger partial charge is 0.264 e. The topological polar surface area (TPSA) is 68.1 Å². The first-order chi connectivity index (χ1) is 9.90. The van der Waals surface area contributed by atoms with E-state index in [0.29, 0.717) is 16.3 Å². The maximum Gasteiger partial charge on any atom is 0.264 e. The molecule has 0 unspecified atom stereocenters. The third-order valence-corrected chi connectivity index (χ3v) is 4.27. The van der Waals surface area contributed by atoms with Gasteiger partial charge in [-0.15, -0.1) is 21.5 Å². The van der Waals surface area contributed by atoms with Crippen molar-refractivity contribution in [3.8, 4) is 0 Å². The Morgan fingerprint density at radius 3 is 2.57 bits per heavy atom. The van der Waals surface area contributed by atoms with Gasteiger partial charge in [-0.2, -0.15) is 0 Å². The number of carbonyl (C=O) groups excluding carboxylic acids is 2. The third-order valence-electron chi connectivity index (χ3n) is 3.09. The minimum absolute atomic E-state index is 0.0266. The van der Waals surface area contributed by atoms with Crippen molar-refractivity contribution in [3.05, 3.63) is 34.0 Å². The third kappa shape index (κ3) is 3.36. The number of carbonyl (C=O) groups is 2. The number of hydrogen-bond donors (Lipinski definition) is 0. The molecule has 0 saturated heterocycles. The number of ketones is 1. The van der Waals surface area contributed by atoms with Gasteiger partial charge in [0.05, 0.1) is 16.3 Å². The van der Waals surface area contributed by atoms with Crippen LogP contribution in [0.5, 0.6) is 0 Å². The van der Waals surface area contributed by atoms with Gasteiger partial charge >= 0.3 is 0 Å². The van der Waals surface area contributed by atoms with Crippen LogP contribution in [0.4, 0.5) is 0 Å². The van der Waals surface area contributed by atoms with Crippen molar-refractivity contribution in [2.24, 2.45) is 0 Å². The van der Waals surface area contributed by atoms with Crippen molar-refractivity contribution in [2.45, 2.75) is 33.4 Å². The monoisotopic (exact) mass is 306 g/mol. The standard InChI is InChI=1S/C14H18N4O2S/c1-9(2)18-8-15-16-13(18)7-17(4)14(20)12-6-5-11(21-12)10(3)19/h5-6,8-9H,7H2,1-4H3. The Balaban J connectivity index is 2.12. The van der Waals surface area contributed by atoms with Gasteiger partial charge in [-0.25, -0.2) is 0 Å². The molecule has 6 nitrogen and oxygen atoms in total. The Morgan fingerprint density at radius 1 is 1.33 bits per heavy atom. The molecule has 2 aromatic heterocycles. The first-order valence-corrected chi connectivity index (χ1v) is 7.46. The van der Waals surface area contributed by atoms with Crippen molar-refractivity contribution >= 4 is 23.0 Å². The van der Waals surface area contributed by atoms with E-state index in [0.717, 1.165) is 5.82 Å². The van der Waals surface area contributed by atoms with Gasteiger partial charge < -0.3 is 9.47 Å². The first-order valence-electron chi connectivity index (χ1n) is 6.64. The van der Waals surface area contributed by atoms with Crippen molar-refractivity contribution < 1.29 is 9.59 Å². The summed E-state index contributed by atoms with van der Waals surface area (Å²) in [7, 11) is 1.72. The SMILES string of the molecule is CC(=O)c1ccc(C(=O)N(C)Cc2nncn2C(C)C)s1. The summed E-state index contributed by atoms with van der Waals surface area (Å²) in [6.45, 7) is 5.94. The fourth-order valence-electron chi connectivity index (χ4n) is 1.93. The molecule has 0 aliphatic rings. The number of rotatable bonds is 5. The van der Waals surface area contributed by atoms with Crippen LogP contribution >= 0.6 is 11.3 Å². The molecule has 112 valence electrons. The molecule has 2 rings (SSSR count). The highest BCUT2D eigenvalue weighted by molar-refractivity contribution is 7.15. The molecule has 0 aliphatic heterocycles. The number of thiophene rings is 1. The highest BCUT2D eigenvalue weighted by atomic mass is 32.1. The van der Waals surface area contributed by atoms with Crippen LogP contribution in [-0.4, -0.2) is 38.4 Å². The second-order valence-corrected chi connectivity index (χ2v) is 6.21. The van der Waals surface area contributed by atoms with Gasteiger partial charge in [0.2, 0.25) is 0 Å². The normalized spacial score (nSPS) is 10.9. The van der Waals surface area contributed by atoms with E-state index < -0.39 is 0 Å². The van der Waals surface area contributed by atoms with Crippen LogP contribution in [0.15, 0.2) is 18.5 Å². The van der Waals surface area contributed by atoms with E-state index in [-0.39, 0.29) is 17.7 Å². The van der Waals surface area contributed by atoms with E-state index in [1.54, 1.807) is 30.4 Å². The summed E-state index contributed by atoms with van der Waals surface area (Å²) in [5.74, 6) is 0.594. The molecule has 0 fully saturated rings. The molecule has 7 heteroatoms. The van der Waals surface area contributed by atoms with Crippen molar-refractivity contribution in [1.29, 1.82) is 0 Å². The van der Waals surface area contributed by atoms with Crippen LogP contribution in [-0.2, 0) is 6.54 Å². The minimum Gasteiger partial charge on any atom is -0.333 e. The quantitative estimate of drug-likeness (QED) is 0.795. The molecular formula is C14H18N4O2S. The lowest BCUT2D eigenvalue weighted by Crippen LogP contribution is -2.27. The predicted octanol–water partition coefficient (Wildman–Crippen LogP) is 2.40. The van der Waals surface area contributed by atoms with Crippen molar-refractivity contribution in [3.63, 3.8) is 0 Å². The average Bonchev–Trinajstić information content (AvgIpc) is 3.06. The molecule has 0 atom stereocenters. The van der Waals surface area contributed by atoms with E-state index in [4.69, 9.17) is 0 Å². The highest BCUT2D eigenvalue weighted by Crippen LogP contribution is 2.19. The molecule has 2 heterocycles. The molecule has 2 aromatic rings. The summed E-state index contributed by atoms with van der Waals surface area (Å²) in [6.07, 6.45) is 1.66. The van der Waals surface area contributed by atoms with E-state index in [9.17, 15) is 9.59 Å². The second-order valence-electron chi connectivity index (χ2n) is 5.13. The molecule has 0 radical (unpaired) electrons. The number of aromatic nitrogens is 3. The Morgan fingerprint density at radius 2 is 2.00 bits per heavy atom. The fourth-order valence-corrected chi connectivity index (χ4v) is 2.82. The number of nitrogens with zero attached hydrogens (tertiary/aromatic N) is 4. The summed E-state index contributed by atoms with van der Waals surface area (Å²) in [6, 6.07) is 3.61. The molecule has 0 bridgehead atoms. The summed E-state index contributed by atoms with van der Waals surface area (Å²) in [4.78, 5) is 26.4. The maximum atomic E-state index is 12.4. The zero-order chi connectivity index (χ0) is 15.6.